The van der Waals surface area contributed by atoms with Gasteiger partial charge in [-0.25, -0.2) is 9.97 Å². The number of pyridine rings is 2. The van der Waals surface area contributed by atoms with Crippen LogP contribution >= 0.6 is 0 Å². The zero-order valence-corrected chi connectivity index (χ0v) is 17.6. The van der Waals surface area contributed by atoms with Gasteiger partial charge in [-0.1, -0.05) is 0 Å². The van der Waals surface area contributed by atoms with Gasteiger partial charge < -0.3 is 25.3 Å². The molecule has 8 heteroatoms. The number of carbonyl (C=O) groups is 1. The van der Waals surface area contributed by atoms with Gasteiger partial charge in [-0.2, -0.15) is 0 Å². The van der Waals surface area contributed by atoms with E-state index in [2.05, 4.69) is 27.0 Å². The second-order valence-electron chi connectivity index (χ2n) is 7.90. The second kappa shape index (κ2) is 7.55. The van der Waals surface area contributed by atoms with Crippen LogP contribution < -0.4 is 15.5 Å². The number of hydrogen-bond donors (Lipinski definition) is 2. The van der Waals surface area contributed by atoms with Crippen LogP contribution in [0.2, 0.25) is 0 Å². The van der Waals surface area contributed by atoms with E-state index in [0.717, 1.165) is 59.8 Å². The lowest BCUT2D eigenvalue weighted by Gasteiger charge is -2.28. The van der Waals surface area contributed by atoms with Crippen LogP contribution in [0.15, 0.2) is 42.6 Å². The molecule has 1 aliphatic rings. The monoisotopic (exact) mass is 416 g/mol. The lowest BCUT2D eigenvalue weighted by atomic mass is 10.1. The van der Waals surface area contributed by atoms with Gasteiger partial charge >= 0.3 is 0 Å². The van der Waals surface area contributed by atoms with Crippen LogP contribution in [0, 0.1) is 0 Å². The zero-order valence-electron chi connectivity index (χ0n) is 17.6. The Morgan fingerprint density at radius 1 is 1.16 bits per heavy atom. The summed E-state index contributed by atoms with van der Waals surface area (Å²) in [5.41, 5.74) is 11.1. The number of amides is 1. The van der Waals surface area contributed by atoms with E-state index in [1.165, 1.54) is 0 Å². The van der Waals surface area contributed by atoms with Crippen molar-refractivity contribution in [2.24, 2.45) is 5.73 Å². The van der Waals surface area contributed by atoms with Crippen LogP contribution in [0.4, 0.5) is 11.5 Å². The maximum atomic E-state index is 12.3. The first kappa shape index (κ1) is 19.3. The summed E-state index contributed by atoms with van der Waals surface area (Å²) >= 11 is 0. The summed E-state index contributed by atoms with van der Waals surface area (Å²) in [6.45, 7) is 3.16. The number of nitrogens with one attached hydrogen (secondary N) is 1. The minimum Gasteiger partial charge on any atom is -0.378 e. The number of anilines is 2. The number of ether oxygens (including phenoxy) is 1. The molecule has 1 aromatic carbocycles. The van der Waals surface area contributed by atoms with E-state index in [9.17, 15) is 4.79 Å². The number of benzene rings is 1. The number of carbonyl (C=O) groups excluding carboxylic acids is 1. The lowest BCUT2D eigenvalue weighted by molar-refractivity contribution is 0.100. The number of nitrogens with zero attached hydrogens (tertiary/aromatic N) is 4. The molecule has 158 valence electrons. The van der Waals surface area contributed by atoms with E-state index in [1.807, 2.05) is 37.2 Å². The molecule has 1 saturated heterocycles. The van der Waals surface area contributed by atoms with Crippen LogP contribution in [0.25, 0.3) is 33.2 Å². The molecule has 3 N–H and O–H groups in total. The summed E-state index contributed by atoms with van der Waals surface area (Å²) in [7, 11) is 3.88. The average molecular weight is 416 g/mol. The van der Waals surface area contributed by atoms with Gasteiger partial charge in [0.15, 0.2) is 0 Å². The Hall–Kier alpha value is -3.65. The van der Waals surface area contributed by atoms with E-state index >= 15 is 0 Å². The molecule has 0 unspecified atom stereocenters. The standard InChI is InChI=1S/C23H24N6O2/c1-28(2)20-6-3-14(13-25-20)18-12-17(23(24)30)22-21(26-18)16-5-4-15(11-19(16)27-22)29-7-9-31-10-8-29/h3-6,11-13,27H,7-10H2,1-2H3,(H2,24,30). The molecule has 1 amide bonds. The predicted octanol–water partition coefficient (Wildman–Crippen LogP) is 2.78. The van der Waals surface area contributed by atoms with Crippen molar-refractivity contribution in [3.63, 3.8) is 0 Å². The molecule has 5 rings (SSSR count). The molecule has 0 radical (unpaired) electrons. The third-order valence-electron chi connectivity index (χ3n) is 5.68. The van der Waals surface area contributed by atoms with Crippen LogP contribution in [0.3, 0.4) is 0 Å². The molecule has 3 aromatic heterocycles. The van der Waals surface area contributed by atoms with Gasteiger partial charge in [-0.15, -0.1) is 0 Å². The van der Waals surface area contributed by atoms with Gasteiger partial charge in [-0.3, -0.25) is 4.79 Å². The molecule has 0 spiro atoms. The van der Waals surface area contributed by atoms with Crippen LogP contribution in [0.5, 0.6) is 0 Å². The van der Waals surface area contributed by atoms with E-state index in [1.54, 1.807) is 12.3 Å². The minimum atomic E-state index is -0.494. The van der Waals surface area contributed by atoms with Crippen molar-refractivity contribution in [2.45, 2.75) is 0 Å². The highest BCUT2D eigenvalue weighted by molar-refractivity contribution is 6.14. The number of fused-ring (bicyclic) bond motifs is 3. The van der Waals surface area contributed by atoms with Gasteiger partial charge in [-0.05, 0) is 36.4 Å². The molecular weight excluding hydrogens is 392 g/mol. The lowest BCUT2D eigenvalue weighted by Crippen LogP contribution is -2.36. The predicted molar refractivity (Wildman–Crippen MR) is 123 cm³/mol. The van der Waals surface area contributed by atoms with E-state index in [-0.39, 0.29) is 0 Å². The summed E-state index contributed by atoms with van der Waals surface area (Å²) in [4.78, 5) is 29.2. The molecule has 4 heterocycles. The first-order chi connectivity index (χ1) is 15.0. The van der Waals surface area contributed by atoms with Crippen molar-refractivity contribution in [1.29, 1.82) is 0 Å². The van der Waals surface area contributed by atoms with Gasteiger partial charge in [0.2, 0.25) is 0 Å². The van der Waals surface area contributed by atoms with Gasteiger partial charge in [0, 0.05) is 50.0 Å². The topological polar surface area (TPSA) is 100 Å². The summed E-state index contributed by atoms with van der Waals surface area (Å²) < 4.78 is 5.46. The Kier molecular flexibility index (Phi) is 4.71. The van der Waals surface area contributed by atoms with Gasteiger partial charge in [0.05, 0.1) is 41.0 Å². The quantitative estimate of drug-likeness (QED) is 0.531. The maximum absolute atomic E-state index is 12.3. The van der Waals surface area contributed by atoms with Crippen LogP contribution in [-0.2, 0) is 4.74 Å². The van der Waals surface area contributed by atoms with E-state index < -0.39 is 5.91 Å². The summed E-state index contributed by atoms with van der Waals surface area (Å²) in [6.07, 6.45) is 1.76. The third kappa shape index (κ3) is 3.44. The Balaban J connectivity index is 1.65. The van der Waals surface area contributed by atoms with Crippen molar-refractivity contribution in [3.8, 4) is 11.3 Å². The Labute approximate surface area is 179 Å². The number of aromatic amines is 1. The summed E-state index contributed by atoms with van der Waals surface area (Å²) in [5.74, 6) is 0.356. The number of aromatic nitrogens is 3. The van der Waals surface area contributed by atoms with E-state index in [0.29, 0.717) is 16.8 Å². The minimum absolute atomic E-state index is 0.417. The summed E-state index contributed by atoms with van der Waals surface area (Å²) in [6, 6.07) is 11.8. The molecule has 8 nitrogen and oxygen atoms in total. The Morgan fingerprint density at radius 3 is 2.65 bits per heavy atom. The Morgan fingerprint density at radius 2 is 1.97 bits per heavy atom. The fourth-order valence-corrected chi connectivity index (χ4v) is 4.01. The number of H-pyrrole nitrogens is 1. The fraction of sp³-hybridized carbons (Fsp3) is 0.261. The number of rotatable bonds is 4. The molecule has 0 atom stereocenters. The largest absolute Gasteiger partial charge is 0.378 e. The molecule has 0 aliphatic carbocycles. The highest BCUT2D eigenvalue weighted by Crippen LogP contribution is 2.32. The fourth-order valence-electron chi connectivity index (χ4n) is 4.01. The highest BCUT2D eigenvalue weighted by Gasteiger charge is 2.18. The van der Waals surface area contributed by atoms with Gasteiger partial charge in [0.25, 0.3) is 5.91 Å². The summed E-state index contributed by atoms with van der Waals surface area (Å²) in [5, 5.41) is 0.953. The maximum Gasteiger partial charge on any atom is 0.250 e. The first-order valence-electron chi connectivity index (χ1n) is 10.2. The molecule has 31 heavy (non-hydrogen) atoms. The first-order valence-corrected chi connectivity index (χ1v) is 10.2. The molecule has 0 saturated carbocycles. The van der Waals surface area contributed by atoms with Crippen molar-refractivity contribution < 1.29 is 9.53 Å². The van der Waals surface area contributed by atoms with Crippen LogP contribution in [0.1, 0.15) is 10.4 Å². The Bertz CT molecular complexity index is 1270. The van der Waals surface area contributed by atoms with Gasteiger partial charge in [0.1, 0.15) is 5.82 Å². The van der Waals surface area contributed by atoms with Crippen molar-refractivity contribution in [1.82, 2.24) is 15.0 Å². The highest BCUT2D eigenvalue weighted by atomic mass is 16.5. The van der Waals surface area contributed by atoms with Crippen molar-refractivity contribution >= 4 is 39.3 Å². The number of primary amides is 1. The number of nitrogens with two attached hydrogens (primary N) is 1. The SMILES string of the molecule is CN(C)c1ccc(-c2cc(C(N)=O)c3[nH]c4cc(N5CCOCC5)ccc4c3n2)cn1. The van der Waals surface area contributed by atoms with Crippen LogP contribution in [-0.4, -0.2) is 61.3 Å². The van der Waals surface area contributed by atoms with Crippen molar-refractivity contribution in [3.05, 3.63) is 48.2 Å². The van der Waals surface area contributed by atoms with Crippen molar-refractivity contribution in [2.75, 3.05) is 50.2 Å². The molecule has 4 aromatic rings. The number of morpholine rings is 1. The molecule has 0 bridgehead atoms. The number of hydrogen-bond acceptors (Lipinski definition) is 6. The average Bonchev–Trinajstić information content (AvgIpc) is 3.16. The normalized spacial score (nSPS) is 14.3. The molecule has 1 fully saturated rings. The molecule has 1 aliphatic heterocycles. The zero-order chi connectivity index (χ0) is 21.5. The molecular formula is C23H24N6O2. The third-order valence-corrected chi connectivity index (χ3v) is 5.68. The smallest absolute Gasteiger partial charge is 0.250 e. The second-order valence-corrected chi connectivity index (χ2v) is 7.90. The van der Waals surface area contributed by atoms with E-state index in [4.69, 9.17) is 15.5 Å².